The van der Waals surface area contributed by atoms with E-state index in [4.69, 9.17) is 11.1 Å². The van der Waals surface area contributed by atoms with Crippen LogP contribution in [0.15, 0.2) is 22.4 Å². The lowest BCUT2D eigenvalue weighted by Gasteiger charge is -1.96. The lowest BCUT2D eigenvalue weighted by atomic mass is 10.3. The standard InChI is InChI=1S/C6H5N7/c1-4-2-5(10-12-7)9-6(3-4)11-13-8/h2-3H,1H3. The molecular formula is C6H5N7. The van der Waals surface area contributed by atoms with Crippen LogP contribution in [-0.4, -0.2) is 4.98 Å². The van der Waals surface area contributed by atoms with Crippen molar-refractivity contribution in [3.63, 3.8) is 0 Å². The van der Waals surface area contributed by atoms with E-state index < -0.39 is 0 Å². The van der Waals surface area contributed by atoms with Crippen LogP contribution < -0.4 is 0 Å². The second-order valence-electron chi connectivity index (χ2n) is 2.24. The van der Waals surface area contributed by atoms with E-state index in [0.29, 0.717) is 0 Å². The molecule has 0 unspecified atom stereocenters. The zero-order valence-corrected chi connectivity index (χ0v) is 6.79. The Morgan fingerprint density at radius 1 is 1.15 bits per heavy atom. The summed E-state index contributed by atoms with van der Waals surface area (Å²) < 4.78 is 0. The molecule has 0 bridgehead atoms. The SMILES string of the molecule is Cc1cc(N=[N+]=[N-])nc(N=[N+]=[N-])c1. The molecule has 64 valence electrons. The Morgan fingerprint density at radius 2 is 1.62 bits per heavy atom. The van der Waals surface area contributed by atoms with E-state index in [2.05, 4.69) is 25.0 Å². The zero-order chi connectivity index (χ0) is 9.68. The van der Waals surface area contributed by atoms with Gasteiger partial charge in [-0.1, -0.05) is 0 Å². The third-order valence-corrected chi connectivity index (χ3v) is 1.24. The average Bonchev–Trinajstić information content (AvgIpc) is 2.04. The van der Waals surface area contributed by atoms with Crippen LogP contribution in [0.25, 0.3) is 20.9 Å². The lowest BCUT2D eigenvalue weighted by Crippen LogP contribution is -1.76. The molecule has 0 atom stereocenters. The Hall–Kier alpha value is -2.23. The zero-order valence-electron chi connectivity index (χ0n) is 6.79. The molecule has 0 saturated carbocycles. The summed E-state index contributed by atoms with van der Waals surface area (Å²) in [4.78, 5) is 8.92. The molecule has 0 aromatic carbocycles. The fourth-order valence-electron chi connectivity index (χ4n) is 0.825. The molecule has 0 amide bonds. The van der Waals surface area contributed by atoms with Gasteiger partial charge in [-0.2, -0.15) is 0 Å². The van der Waals surface area contributed by atoms with Crippen LogP contribution in [0.2, 0.25) is 0 Å². The van der Waals surface area contributed by atoms with Crippen molar-refractivity contribution in [1.82, 2.24) is 4.98 Å². The normalized spacial score (nSPS) is 8.38. The van der Waals surface area contributed by atoms with E-state index in [-0.39, 0.29) is 11.6 Å². The summed E-state index contributed by atoms with van der Waals surface area (Å²) in [5, 5.41) is 6.59. The van der Waals surface area contributed by atoms with E-state index in [1.165, 1.54) is 0 Å². The van der Waals surface area contributed by atoms with Gasteiger partial charge in [0.05, 0.1) is 0 Å². The lowest BCUT2D eigenvalue weighted by molar-refractivity contribution is 1.20. The quantitative estimate of drug-likeness (QED) is 0.383. The van der Waals surface area contributed by atoms with E-state index in [0.717, 1.165) is 5.56 Å². The van der Waals surface area contributed by atoms with E-state index in [1.54, 1.807) is 19.1 Å². The third kappa shape index (κ3) is 2.37. The van der Waals surface area contributed by atoms with Crippen molar-refractivity contribution >= 4 is 11.6 Å². The Bertz CT molecular complexity index is 375. The number of pyridine rings is 1. The molecule has 0 spiro atoms. The van der Waals surface area contributed by atoms with Crippen LogP contribution in [0.1, 0.15) is 5.56 Å². The maximum absolute atomic E-state index is 8.15. The van der Waals surface area contributed by atoms with Gasteiger partial charge < -0.3 is 0 Å². The maximum Gasteiger partial charge on any atom is 0.127 e. The number of aryl methyl sites for hydroxylation is 1. The largest absolute Gasteiger partial charge is 0.244 e. The van der Waals surface area contributed by atoms with Crippen molar-refractivity contribution in [3.05, 3.63) is 38.6 Å². The van der Waals surface area contributed by atoms with Crippen LogP contribution in [-0.2, 0) is 0 Å². The molecule has 0 aliphatic rings. The highest BCUT2D eigenvalue weighted by molar-refractivity contribution is 5.41. The molecule has 1 aromatic rings. The fraction of sp³-hybridized carbons (Fsp3) is 0.167. The number of azide groups is 2. The minimum absolute atomic E-state index is 0.199. The van der Waals surface area contributed by atoms with Crippen LogP contribution in [0.4, 0.5) is 11.6 Å². The monoisotopic (exact) mass is 175 g/mol. The van der Waals surface area contributed by atoms with Crippen molar-refractivity contribution in [1.29, 1.82) is 0 Å². The molecule has 1 aromatic heterocycles. The number of nitrogens with zero attached hydrogens (tertiary/aromatic N) is 7. The summed E-state index contributed by atoms with van der Waals surface area (Å²) in [7, 11) is 0. The number of aromatic nitrogens is 1. The molecule has 0 aliphatic carbocycles. The highest BCUT2D eigenvalue weighted by Gasteiger charge is 1.95. The number of hydrogen-bond acceptors (Lipinski definition) is 3. The van der Waals surface area contributed by atoms with Gasteiger partial charge in [-0.05, 0) is 45.9 Å². The predicted molar refractivity (Wildman–Crippen MR) is 46.6 cm³/mol. The van der Waals surface area contributed by atoms with Crippen LogP contribution in [0.5, 0.6) is 0 Å². The first-order valence-corrected chi connectivity index (χ1v) is 3.35. The Kier molecular flexibility index (Phi) is 2.70. The predicted octanol–water partition coefficient (Wildman–Crippen LogP) is 3.27. The smallest absolute Gasteiger partial charge is 0.127 e. The number of rotatable bonds is 2. The highest BCUT2D eigenvalue weighted by Crippen LogP contribution is 2.18. The molecule has 1 heterocycles. The second kappa shape index (κ2) is 3.96. The van der Waals surface area contributed by atoms with Crippen molar-refractivity contribution in [3.8, 4) is 0 Å². The van der Waals surface area contributed by atoms with Gasteiger partial charge in [-0.25, -0.2) is 4.98 Å². The maximum atomic E-state index is 8.15. The molecule has 0 saturated heterocycles. The molecular weight excluding hydrogens is 170 g/mol. The fourth-order valence-corrected chi connectivity index (χ4v) is 0.825. The first-order chi connectivity index (χ1) is 6.26. The Balaban J connectivity index is 3.25. The average molecular weight is 175 g/mol. The van der Waals surface area contributed by atoms with Crippen LogP contribution >= 0.6 is 0 Å². The molecule has 13 heavy (non-hydrogen) atoms. The van der Waals surface area contributed by atoms with Crippen molar-refractivity contribution in [2.45, 2.75) is 6.92 Å². The summed E-state index contributed by atoms with van der Waals surface area (Å²) in [5.74, 6) is 0.398. The van der Waals surface area contributed by atoms with Crippen LogP contribution in [0, 0.1) is 6.92 Å². The van der Waals surface area contributed by atoms with Gasteiger partial charge in [0.1, 0.15) is 11.6 Å². The molecule has 0 aliphatic heterocycles. The van der Waals surface area contributed by atoms with Crippen molar-refractivity contribution in [2.24, 2.45) is 10.2 Å². The summed E-state index contributed by atoms with van der Waals surface area (Å²) in [6.07, 6.45) is 0. The van der Waals surface area contributed by atoms with E-state index in [9.17, 15) is 0 Å². The van der Waals surface area contributed by atoms with Gasteiger partial charge in [0.15, 0.2) is 0 Å². The van der Waals surface area contributed by atoms with Gasteiger partial charge in [0.25, 0.3) is 0 Å². The number of hydrogen-bond donors (Lipinski definition) is 0. The minimum atomic E-state index is 0.199. The topological polar surface area (TPSA) is 110 Å². The van der Waals surface area contributed by atoms with Crippen molar-refractivity contribution < 1.29 is 0 Å². The van der Waals surface area contributed by atoms with Gasteiger partial charge in [0, 0.05) is 9.82 Å². The van der Waals surface area contributed by atoms with Gasteiger partial charge in [-0.15, -0.1) is 0 Å². The molecule has 0 fully saturated rings. The van der Waals surface area contributed by atoms with E-state index in [1.807, 2.05) is 0 Å². The van der Waals surface area contributed by atoms with E-state index >= 15 is 0 Å². The van der Waals surface area contributed by atoms with Gasteiger partial charge >= 0.3 is 0 Å². The third-order valence-electron chi connectivity index (χ3n) is 1.24. The first kappa shape index (κ1) is 8.86. The molecule has 0 N–H and O–H groups in total. The van der Waals surface area contributed by atoms with Gasteiger partial charge in [0.2, 0.25) is 0 Å². The van der Waals surface area contributed by atoms with Gasteiger partial charge in [-0.3, -0.25) is 0 Å². The summed E-state index contributed by atoms with van der Waals surface area (Å²) >= 11 is 0. The van der Waals surface area contributed by atoms with Crippen LogP contribution in [0.3, 0.4) is 0 Å². The summed E-state index contributed by atoms with van der Waals surface area (Å²) in [5.41, 5.74) is 17.1. The summed E-state index contributed by atoms with van der Waals surface area (Å²) in [6.45, 7) is 1.79. The molecule has 7 nitrogen and oxygen atoms in total. The first-order valence-electron chi connectivity index (χ1n) is 3.35. The Morgan fingerprint density at radius 3 is 2.00 bits per heavy atom. The molecule has 1 rings (SSSR count). The second-order valence-corrected chi connectivity index (χ2v) is 2.24. The summed E-state index contributed by atoms with van der Waals surface area (Å²) in [6, 6.07) is 3.19. The molecule has 7 heteroatoms. The minimum Gasteiger partial charge on any atom is -0.244 e. The van der Waals surface area contributed by atoms with Crippen molar-refractivity contribution in [2.75, 3.05) is 0 Å². The molecule has 0 radical (unpaired) electrons. The Labute approximate surface area is 73.3 Å². The highest BCUT2D eigenvalue weighted by atomic mass is 15.2.